The van der Waals surface area contributed by atoms with Gasteiger partial charge in [0.1, 0.15) is 36.1 Å². The van der Waals surface area contributed by atoms with Crippen molar-refractivity contribution in [3.8, 4) is 28.1 Å². The van der Waals surface area contributed by atoms with Crippen LogP contribution in [0.5, 0.6) is 5.75 Å². The lowest BCUT2D eigenvalue weighted by atomic mass is 9.92. The molecule has 3 heterocycles. The molecule has 1 aliphatic rings. The van der Waals surface area contributed by atoms with Gasteiger partial charge in [-0.3, -0.25) is 9.59 Å². The van der Waals surface area contributed by atoms with E-state index in [4.69, 9.17) is 19.2 Å². The van der Waals surface area contributed by atoms with E-state index >= 15 is 0 Å². The predicted molar refractivity (Wildman–Crippen MR) is 221 cm³/mol. The molecule has 0 fully saturated rings. The molecule has 0 spiro atoms. The second kappa shape index (κ2) is 17.2. The second-order valence-corrected chi connectivity index (χ2v) is 15.8. The number of amides is 4. The molecule has 58 heavy (non-hydrogen) atoms. The van der Waals surface area contributed by atoms with Crippen molar-refractivity contribution >= 4 is 45.8 Å². The van der Waals surface area contributed by atoms with Crippen molar-refractivity contribution in [2.75, 3.05) is 27.3 Å². The SMILES string of the molecule is COC(=O)N[C@@H](C)C(=O)N(CC(C)C)[C@@H](C)c1ncc(-c2ccc3c(c2)COc2cc4c(ccc5[nH]c([C@H](C)N(CC(C)C)C(=O)[C@H](C)NC(=O)OC)nc54)cc2-3)[nH]1. The number of carbonyl (C=O) groups is 4. The third-order valence-corrected chi connectivity index (χ3v) is 10.5. The summed E-state index contributed by atoms with van der Waals surface area (Å²) >= 11 is 0. The maximum absolute atomic E-state index is 13.6. The van der Waals surface area contributed by atoms with E-state index in [1.54, 1.807) is 29.8 Å². The van der Waals surface area contributed by atoms with Crippen LogP contribution < -0.4 is 15.4 Å². The third kappa shape index (κ3) is 8.58. The zero-order chi connectivity index (χ0) is 42.0. The van der Waals surface area contributed by atoms with Crippen LogP contribution in [0.4, 0.5) is 9.59 Å². The number of H-pyrrole nitrogens is 2. The molecule has 0 unspecified atom stereocenters. The molecule has 3 aromatic carbocycles. The Morgan fingerprint density at radius 1 is 0.759 bits per heavy atom. The number of fused-ring (bicyclic) bond motifs is 6. The van der Waals surface area contributed by atoms with Crippen molar-refractivity contribution in [2.45, 2.75) is 86.2 Å². The van der Waals surface area contributed by atoms with E-state index in [1.165, 1.54) is 14.2 Å². The molecule has 15 nitrogen and oxygen atoms in total. The first-order chi connectivity index (χ1) is 27.6. The van der Waals surface area contributed by atoms with E-state index in [1.807, 2.05) is 53.7 Å². The Bertz CT molecular complexity index is 2330. The number of nitrogens with zero attached hydrogens (tertiary/aromatic N) is 4. The summed E-state index contributed by atoms with van der Waals surface area (Å²) in [6, 6.07) is 12.1. The van der Waals surface area contributed by atoms with Crippen LogP contribution in [-0.4, -0.2) is 93.1 Å². The number of rotatable bonds is 13. The molecule has 15 heteroatoms. The monoisotopic (exact) mass is 794 g/mol. The summed E-state index contributed by atoms with van der Waals surface area (Å²) in [6.45, 7) is 16.6. The van der Waals surface area contributed by atoms with Crippen LogP contribution in [-0.2, 0) is 25.7 Å². The summed E-state index contributed by atoms with van der Waals surface area (Å²) in [5.41, 5.74) is 6.41. The van der Waals surface area contributed by atoms with Gasteiger partial charge in [-0.25, -0.2) is 19.6 Å². The molecule has 308 valence electrons. The first-order valence-corrected chi connectivity index (χ1v) is 19.7. The summed E-state index contributed by atoms with van der Waals surface area (Å²) in [5, 5.41) is 7.08. The van der Waals surface area contributed by atoms with Crippen molar-refractivity contribution < 1.29 is 33.4 Å². The second-order valence-electron chi connectivity index (χ2n) is 15.8. The average molecular weight is 795 g/mol. The minimum Gasteiger partial charge on any atom is -0.488 e. The molecular formula is C43H54N8O7. The van der Waals surface area contributed by atoms with Crippen LogP contribution in [0, 0.1) is 11.8 Å². The number of aromatic nitrogens is 4. The molecular weight excluding hydrogens is 741 g/mol. The van der Waals surface area contributed by atoms with E-state index in [-0.39, 0.29) is 29.7 Å². The first kappa shape index (κ1) is 41.5. The number of hydrogen-bond donors (Lipinski definition) is 4. The zero-order valence-electron chi connectivity index (χ0n) is 34.9. The quantitative estimate of drug-likeness (QED) is 0.0954. The van der Waals surface area contributed by atoms with E-state index in [0.717, 1.165) is 55.5 Å². The maximum Gasteiger partial charge on any atom is 0.407 e. The number of alkyl carbamates (subject to hydrolysis) is 2. The molecule has 0 saturated heterocycles. The lowest BCUT2D eigenvalue weighted by Crippen LogP contribution is -2.48. The Kier molecular flexibility index (Phi) is 12.3. The lowest BCUT2D eigenvalue weighted by Gasteiger charge is -2.32. The Morgan fingerprint density at radius 2 is 1.36 bits per heavy atom. The van der Waals surface area contributed by atoms with Gasteiger partial charge in [-0.2, -0.15) is 0 Å². The van der Waals surface area contributed by atoms with Crippen LogP contribution in [0.15, 0.2) is 48.7 Å². The number of methoxy groups -OCH3 is 2. The number of ether oxygens (including phenoxy) is 3. The molecule has 2 aromatic heterocycles. The summed E-state index contributed by atoms with van der Waals surface area (Å²) < 4.78 is 15.8. The van der Waals surface area contributed by atoms with Crippen molar-refractivity contribution in [3.05, 3.63) is 65.9 Å². The fraction of sp³-hybridized carbons (Fsp3) is 0.442. The van der Waals surface area contributed by atoms with Crippen LogP contribution in [0.1, 0.15) is 84.7 Å². The van der Waals surface area contributed by atoms with Crippen molar-refractivity contribution in [2.24, 2.45) is 11.8 Å². The number of aromatic amines is 2. The molecule has 4 atom stereocenters. The Labute approximate surface area is 338 Å². The van der Waals surface area contributed by atoms with Gasteiger partial charge >= 0.3 is 12.2 Å². The van der Waals surface area contributed by atoms with Crippen molar-refractivity contribution in [1.82, 2.24) is 40.4 Å². The minimum atomic E-state index is -0.780. The van der Waals surface area contributed by atoms with E-state index in [9.17, 15) is 19.2 Å². The van der Waals surface area contributed by atoms with Crippen LogP contribution >= 0.6 is 0 Å². The van der Waals surface area contributed by atoms with Gasteiger partial charge in [-0.05, 0) is 85.9 Å². The minimum absolute atomic E-state index is 0.181. The molecule has 0 bridgehead atoms. The van der Waals surface area contributed by atoms with Gasteiger partial charge in [0.25, 0.3) is 0 Å². The number of nitrogens with one attached hydrogen (secondary N) is 4. The van der Waals surface area contributed by atoms with Gasteiger partial charge in [0.15, 0.2) is 0 Å². The standard InChI is InChI=1S/C43H54N8O7/c1-22(2)19-50(40(52)24(5)45-42(54)56-9)26(7)38-44-18-35(48-38)29-11-13-31-30(15-29)21-58-36-17-32-28(16-33(31)36)12-14-34-37(32)49-39(47-34)27(8)51(20-23(3)4)41(53)25(6)46-43(55)57-10/h11-18,22-27H,19-21H2,1-10H3,(H,44,48)(H,45,54)(H,46,55)(H,47,49)/t24-,25-,26-,27-/m0/s1. The number of imidazole rings is 2. The van der Waals surface area contributed by atoms with E-state index in [2.05, 4.69) is 55.9 Å². The highest BCUT2D eigenvalue weighted by Crippen LogP contribution is 2.43. The van der Waals surface area contributed by atoms with Gasteiger partial charge in [0.2, 0.25) is 11.8 Å². The molecule has 4 N–H and O–H groups in total. The lowest BCUT2D eigenvalue weighted by molar-refractivity contribution is -0.136. The van der Waals surface area contributed by atoms with E-state index in [0.29, 0.717) is 31.3 Å². The van der Waals surface area contributed by atoms with Gasteiger partial charge < -0.3 is 44.6 Å². The van der Waals surface area contributed by atoms with Crippen LogP contribution in [0.2, 0.25) is 0 Å². The Morgan fingerprint density at radius 3 is 1.95 bits per heavy atom. The summed E-state index contributed by atoms with van der Waals surface area (Å²) in [4.78, 5) is 70.7. The highest BCUT2D eigenvalue weighted by Gasteiger charge is 2.31. The molecule has 6 rings (SSSR count). The molecule has 0 aliphatic carbocycles. The average Bonchev–Trinajstić information content (AvgIpc) is 3.88. The number of hydrogen-bond acceptors (Lipinski definition) is 9. The highest BCUT2D eigenvalue weighted by molar-refractivity contribution is 6.07. The molecule has 4 amide bonds. The smallest absolute Gasteiger partial charge is 0.407 e. The molecule has 0 radical (unpaired) electrons. The molecule has 1 aliphatic heterocycles. The molecule has 5 aromatic rings. The summed E-state index contributed by atoms with van der Waals surface area (Å²) in [5.74, 6) is 1.93. The van der Waals surface area contributed by atoms with Gasteiger partial charge in [0, 0.05) is 24.0 Å². The van der Waals surface area contributed by atoms with Crippen molar-refractivity contribution in [1.29, 1.82) is 0 Å². The third-order valence-electron chi connectivity index (χ3n) is 10.5. The zero-order valence-corrected chi connectivity index (χ0v) is 34.9. The normalized spacial score (nSPS) is 14.2. The summed E-state index contributed by atoms with van der Waals surface area (Å²) in [7, 11) is 2.53. The fourth-order valence-electron chi connectivity index (χ4n) is 7.42. The fourth-order valence-corrected chi connectivity index (χ4v) is 7.42. The van der Waals surface area contributed by atoms with Gasteiger partial charge in [-0.1, -0.05) is 45.9 Å². The highest BCUT2D eigenvalue weighted by atomic mass is 16.5. The number of benzene rings is 3. The van der Waals surface area contributed by atoms with Gasteiger partial charge in [0.05, 0.1) is 49.2 Å². The number of carbonyl (C=O) groups excluding carboxylic acids is 4. The van der Waals surface area contributed by atoms with E-state index < -0.39 is 30.3 Å². The Balaban J connectivity index is 1.25. The largest absolute Gasteiger partial charge is 0.488 e. The summed E-state index contributed by atoms with van der Waals surface area (Å²) in [6.07, 6.45) is 0.444. The predicted octanol–water partition coefficient (Wildman–Crippen LogP) is 7.25. The first-order valence-electron chi connectivity index (χ1n) is 19.7. The maximum atomic E-state index is 13.6. The van der Waals surface area contributed by atoms with Crippen molar-refractivity contribution in [3.63, 3.8) is 0 Å². The van der Waals surface area contributed by atoms with Gasteiger partial charge in [-0.15, -0.1) is 0 Å². The van der Waals surface area contributed by atoms with Crippen LogP contribution in [0.3, 0.4) is 0 Å². The Hall–Kier alpha value is -6.12. The topological polar surface area (TPSA) is 184 Å². The molecule has 0 saturated carbocycles. The van der Waals surface area contributed by atoms with Crippen LogP contribution in [0.25, 0.3) is 44.2 Å².